The number of aromatic nitrogens is 3. The van der Waals surface area contributed by atoms with E-state index in [9.17, 15) is 17.2 Å². The minimum Gasteiger partial charge on any atom is -0.356 e. The zero-order chi connectivity index (χ0) is 23.6. The van der Waals surface area contributed by atoms with E-state index in [-0.39, 0.29) is 29.8 Å². The van der Waals surface area contributed by atoms with Crippen LogP contribution in [0.1, 0.15) is 38.2 Å². The van der Waals surface area contributed by atoms with Gasteiger partial charge in [0.15, 0.2) is 0 Å². The van der Waals surface area contributed by atoms with Gasteiger partial charge >= 0.3 is 0 Å². The first kappa shape index (κ1) is 23.6. The molecule has 0 radical (unpaired) electrons. The van der Waals surface area contributed by atoms with Crippen LogP contribution in [0.3, 0.4) is 0 Å². The normalized spacial score (nSPS) is 21.1. The molecule has 1 atom stereocenters. The minimum absolute atomic E-state index is 0.0153. The SMILES string of the molecule is CN(c1ncnc2[nH]ccc12)[C@H]1CC[C@H](CS(=O)(=O)NCC(C)(F)c2ccc(F)cc2)CC1. The van der Waals surface area contributed by atoms with E-state index in [0.29, 0.717) is 0 Å². The standard InChI is InChI=1S/C23H29F2N5O2S/c1-23(25,17-5-7-18(24)8-6-17)14-29-33(31,32)13-16-3-9-19(10-4-16)30(2)22-20-11-12-26-21(20)27-15-28-22/h5-8,11-12,15-16,19,29H,3-4,9-10,13-14H2,1-2H3,(H,26,27,28)/t16-,19-,23?. The third kappa shape index (κ3) is 5.50. The Hall–Kier alpha value is -2.59. The van der Waals surface area contributed by atoms with Crippen molar-refractivity contribution in [2.24, 2.45) is 5.92 Å². The van der Waals surface area contributed by atoms with Crippen LogP contribution in [0.5, 0.6) is 0 Å². The maximum absolute atomic E-state index is 15.0. The van der Waals surface area contributed by atoms with Gasteiger partial charge in [-0.3, -0.25) is 0 Å². The second-order valence-electron chi connectivity index (χ2n) is 9.03. The lowest BCUT2D eigenvalue weighted by atomic mass is 9.86. The van der Waals surface area contributed by atoms with Crippen molar-refractivity contribution in [3.8, 4) is 0 Å². The Morgan fingerprint density at radius 1 is 1.15 bits per heavy atom. The zero-order valence-electron chi connectivity index (χ0n) is 18.8. The smallest absolute Gasteiger partial charge is 0.211 e. The average molecular weight is 478 g/mol. The fraction of sp³-hybridized carbons (Fsp3) is 0.478. The highest BCUT2D eigenvalue weighted by molar-refractivity contribution is 7.89. The molecule has 1 saturated carbocycles. The van der Waals surface area contributed by atoms with Crippen LogP contribution in [-0.4, -0.2) is 48.8 Å². The lowest BCUT2D eigenvalue weighted by molar-refractivity contribution is 0.196. The molecule has 1 aromatic carbocycles. The van der Waals surface area contributed by atoms with E-state index >= 15 is 0 Å². The van der Waals surface area contributed by atoms with Crippen molar-refractivity contribution < 1.29 is 17.2 Å². The molecule has 1 aliphatic rings. The minimum atomic E-state index is -3.64. The topological polar surface area (TPSA) is 91.0 Å². The molecule has 1 aliphatic carbocycles. The van der Waals surface area contributed by atoms with Crippen molar-refractivity contribution in [3.63, 3.8) is 0 Å². The Morgan fingerprint density at radius 2 is 1.85 bits per heavy atom. The van der Waals surface area contributed by atoms with Gasteiger partial charge in [0.2, 0.25) is 10.0 Å². The number of nitrogens with zero attached hydrogens (tertiary/aromatic N) is 3. The summed E-state index contributed by atoms with van der Waals surface area (Å²) in [4.78, 5) is 13.9. The van der Waals surface area contributed by atoms with Gasteiger partial charge in [-0.2, -0.15) is 0 Å². The van der Waals surface area contributed by atoms with Crippen LogP contribution in [0.25, 0.3) is 11.0 Å². The number of H-pyrrole nitrogens is 1. The van der Waals surface area contributed by atoms with Crippen LogP contribution >= 0.6 is 0 Å². The molecule has 0 amide bonds. The number of sulfonamides is 1. The summed E-state index contributed by atoms with van der Waals surface area (Å²) in [5, 5.41) is 0.962. The van der Waals surface area contributed by atoms with Crippen molar-refractivity contribution in [1.82, 2.24) is 19.7 Å². The predicted octanol–water partition coefficient (Wildman–Crippen LogP) is 3.90. The molecule has 2 heterocycles. The van der Waals surface area contributed by atoms with Crippen LogP contribution < -0.4 is 9.62 Å². The average Bonchev–Trinajstić information content (AvgIpc) is 3.27. The lowest BCUT2D eigenvalue weighted by Crippen LogP contribution is -2.40. The first-order valence-electron chi connectivity index (χ1n) is 11.1. The molecule has 2 N–H and O–H groups in total. The first-order valence-corrected chi connectivity index (χ1v) is 12.7. The Balaban J connectivity index is 1.30. The van der Waals surface area contributed by atoms with Gasteiger partial charge in [0.1, 0.15) is 29.3 Å². The molecule has 3 aromatic rings. The molecule has 0 saturated heterocycles. The van der Waals surface area contributed by atoms with E-state index in [2.05, 4.69) is 24.6 Å². The Labute approximate surface area is 192 Å². The molecule has 2 aromatic heterocycles. The molecular weight excluding hydrogens is 448 g/mol. The molecule has 33 heavy (non-hydrogen) atoms. The van der Waals surface area contributed by atoms with Crippen LogP contribution in [0, 0.1) is 11.7 Å². The number of halogens is 2. The van der Waals surface area contributed by atoms with E-state index in [0.717, 1.165) is 42.5 Å². The molecule has 7 nitrogen and oxygen atoms in total. The lowest BCUT2D eigenvalue weighted by Gasteiger charge is -2.35. The molecule has 1 unspecified atom stereocenters. The van der Waals surface area contributed by atoms with Gasteiger partial charge in [0, 0.05) is 25.8 Å². The molecule has 4 rings (SSSR count). The molecule has 178 valence electrons. The second-order valence-corrected chi connectivity index (χ2v) is 10.9. The zero-order valence-corrected chi connectivity index (χ0v) is 19.6. The number of fused-ring (bicyclic) bond motifs is 1. The predicted molar refractivity (Wildman–Crippen MR) is 125 cm³/mol. The number of nitrogens with one attached hydrogen (secondary N) is 2. The number of anilines is 1. The van der Waals surface area contributed by atoms with Gasteiger partial charge in [-0.15, -0.1) is 0 Å². The van der Waals surface area contributed by atoms with E-state index in [1.165, 1.54) is 31.2 Å². The van der Waals surface area contributed by atoms with Crippen molar-refractivity contribution in [1.29, 1.82) is 0 Å². The summed E-state index contributed by atoms with van der Waals surface area (Å²) in [6.07, 6.45) is 6.61. The van der Waals surface area contributed by atoms with Crippen LogP contribution in [-0.2, 0) is 15.7 Å². The molecule has 0 aliphatic heterocycles. The van der Waals surface area contributed by atoms with Crippen LogP contribution in [0.15, 0.2) is 42.9 Å². The summed E-state index contributed by atoms with van der Waals surface area (Å²) < 4.78 is 55.7. The summed E-state index contributed by atoms with van der Waals surface area (Å²) in [6, 6.07) is 7.22. The number of hydrogen-bond acceptors (Lipinski definition) is 5. The number of benzene rings is 1. The fourth-order valence-electron chi connectivity index (χ4n) is 4.53. The van der Waals surface area contributed by atoms with E-state index in [1.54, 1.807) is 6.33 Å². The van der Waals surface area contributed by atoms with Crippen molar-refractivity contribution in [2.45, 2.75) is 44.3 Å². The van der Waals surface area contributed by atoms with E-state index in [4.69, 9.17) is 0 Å². The van der Waals surface area contributed by atoms with Crippen molar-refractivity contribution in [2.75, 3.05) is 24.2 Å². The van der Waals surface area contributed by atoms with Gasteiger partial charge < -0.3 is 9.88 Å². The third-order valence-corrected chi connectivity index (χ3v) is 8.05. The van der Waals surface area contributed by atoms with Gasteiger partial charge in [-0.05, 0) is 62.3 Å². The van der Waals surface area contributed by atoms with Gasteiger partial charge in [0.05, 0.1) is 11.1 Å². The number of aromatic amines is 1. The Kier molecular flexibility index (Phi) is 6.67. The monoisotopic (exact) mass is 477 g/mol. The summed E-state index contributed by atoms with van der Waals surface area (Å²) in [7, 11) is -1.63. The van der Waals surface area contributed by atoms with E-state index < -0.39 is 21.5 Å². The molecular formula is C23H29F2N5O2S. The largest absolute Gasteiger partial charge is 0.356 e. The molecule has 1 fully saturated rings. The van der Waals surface area contributed by atoms with Gasteiger partial charge in [-0.1, -0.05) is 12.1 Å². The van der Waals surface area contributed by atoms with Gasteiger partial charge in [-0.25, -0.2) is 31.9 Å². The summed E-state index contributed by atoms with van der Waals surface area (Å²) >= 11 is 0. The number of alkyl halides is 1. The number of rotatable bonds is 8. The van der Waals surface area contributed by atoms with Crippen LogP contribution in [0.2, 0.25) is 0 Å². The second kappa shape index (κ2) is 9.34. The van der Waals surface area contributed by atoms with Crippen LogP contribution in [0.4, 0.5) is 14.6 Å². The first-order chi connectivity index (χ1) is 15.6. The van der Waals surface area contributed by atoms with Crippen molar-refractivity contribution in [3.05, 3.63) is 54.2 Å². The van der Waals surface area contributed by atoms with E-state index in [1.807, 2.05) is 19.3 Å². The van der Waals surface area contributed by atoms with Crippen molar-refractivity contribution >= 4 is 26.9 Å². The maximum atomic E-state index is 15.0. The molecule has 10 heteroatoms. The highest BCUT2D eigenvalue weighted by Gasteiger charge is 2.31. The molecule has 0 bridgehead atoms. The highest BCUT2D eigenvalue weighted by Crippen LogP contribution is 2.32. The summed E-state index contributed by atoms with van der Waals surface area (Å²) in [5.74, 6) is 0.385. The third-order valence-electron chi connectivity index (χ3n) is 6.56. The fourth-order valence-corrected chi connectivity index (χ4v) is 6.09. The Morgan fingerprint density at radius 3 is 2.55 bits per heavy atom. The highest BCUT2D eigenvalue weighted by atomic mass is 32.2. The van der Waals surface area contributed by atoms with Gasteiger partial charge in [0.25, 0.3) is 0 Å². The summed E-state index contributed by atoms with van der Waals surface area (Å²) in [5.41, 5.74) is -0.906. The molecule has 0 spiro atoms. The number of hydrogen-bond donors (Lipinski definition) is 2. The quantitative estimate of drug-likeness (QED) is 0.514. The summed E-state index contributed by atoms with van der Waals surface area (Å²) in [6.45, 7) is 0.901. The maximum Gasteiger partial charge on any atom is 0.211 e. The Bertz CT molecular complexity index is 1190.